The first-order chi connectivity index (χ1) is 13.1. The highest BCUT2D eigenvalue weighted by atomic mass is 19.4. The molecule has 0 bridgehead atoms. The van der Waals surface area contributed by atoms with E-state index in [-0.39, 0.29) is 17.9 Å². The second-order valence-corrected chi connectivity index (χ2v) is 5.99. The lowest BCUT2D eigenvalue weighted by molar-refractivity contribution is -0.289. The van der Waals surface area contributed by atoms with Gasteiger partial charge in [-0.15, -0.1) is 0 Å². The zero-order chi connectivity index (χ0) is 20.9. The molecule has 0 saturated carbocycles. The molecule has 2 N–H and O–H groups in total. The van der Waals surface area contributed by atoms with E-state index >= 15 is 0 Å². The summed E-state index contributed by atoms with van der Waals surface area (Å²) in [4.78, 5) is 0. The van der Waals surface area contributed by atoms with E-state index in [1.807, 2.05) is 0 Å². The summed E-state index contributed by atoms with van der Waals surface area (Å²) in [6, 6.07) is 8.52. The molecule has 0 aliphatic carbocycles. The van der Waals surface area contributed by atoms with Crippen molar-refractivity contribution < 1.29 is 36.5 Å². The van der Waals surface area contributed by atoms with E-state index in [2.05, 4.69) is 5.32 Å². The number of halogens is 5. The lowest BCUT2D eigenvalue weighted by Gasteiger charge is -2.23. The SMILES string of the molecule is COc1cc(C(F)(F)C(F)(F)F)c(OC)cc1CCNCc1ccccc1O. The van der Waals surface area contributed by atoms with Crippen molar-refractivity contribution in [3.05, 3.63) is 53.1 Å². The average molecular weight is 405 g/mol. The third kappa shape index (κ3) is 4.64. The van der Waals surface area contributed by atoms with Gasteiger partial charge in [0.15, 0.2) is 0 Å². The van der Waals surface area contributed by atoms with Gasteiger partial charge in [0.1, 0.15) is 17.2 Å². The van der Waals surface area contributed by atoms with Crippen molar-refractivity contribution in [2.24, 2.45) is 0 Å². The van der Waals surface area contributed by atoms with E-state index in [1.165, 1.54) is 7.11 Å². The molecule has 0 radical (unpaired) electrons. The van der Waals surface area contributed by atoms with Gasteiger partial charge >= 0.3 is 12.1 Å². The Bertz CT molecular complexity index is 809. The van der Waals surface area contributed by atoms with Crippen LogP contribution in [0.15, 0.2) is 36.4 Å². The molecule has 4 nitrogen and oxygen atoms in total. The van der Waals surface area contributed by atoms with Gasteiger partial charge in [-0.05, 0) is 36.7 Å². The minimum atomic E-state index is -5.76. The maximum absolute atomic E-state index is 13.8. The predicted octanol–water partition coefficient (Wildman–Crippen LogP) is 4.40. The number of phenols is 1. The Morgan fingerprint density at radius 2 is 1.57 bits per heavy atom. The molecule has 0 unspecified atom stereocenters. The van der Waals surface area contributed by atoms with E-state index < -0.39 is 23.4 Å². The smallest absolute Gasteiger partial charge is 0.458 e. The van der Waals surface area contributed by atoms with Crippen LogP contribution in [0.5, 0.6) is 17.2 Å². The van der Waals surface area contributed by atoms with Gasteiger partial charge in [-0.3, -0.25) is 0 Å². The van der Waals surface area contributed by atoms with Gasteiger partial charge in [-0.2, -0.15) is 22.0 Å². The van der Waals surface area contributed by atoms with E-state index in [0.717, 1.165) is 13.2 Å². The molecular weight excluding hydrogens is 385 g/mol. The fourth-order valence-corrected chi connectivity index (χ4v) is 2.66. The van der Waals surface area contributed by atoms with Crippen LogP contribution >= 0.6 is 0 Å². The minimum Gasteiger partial charge on any atom is -0.508 e. The highest BCUT2D eigenvalue weighted by molar-refractivity contribution is 5.49. The maximum atomic E-state index is 13.8. The maximum Gasteiger partial charge on any atom is 0.458 e. The molecule has 2 rings (SSSR count). The lowest BCUT2D eigenvalue weighted by Crippen LogP contribution is -2.34. The summed E-state index contributed by atoms with van der Waals surface area (Å²) >= 11 is 0. The summed E-state index contributed by atoms with van der Waals surface area (Å²) in [5, 5.41) is 12.8. The fourth-order valence-electron chi connectivity index (χ4n) is 2.66. The molecule has 0 fully saturated rings. The van der Waals surface area contributed by atoms with Gasteiger partial charge in [-0.1, -0.05) is 18.2 Å². The van der Waals surface area contributed by atoms with Gasteiger partial charge in [0, 0.05) is 12.1 Å². The summed E-state index contributed by atoms with van der Waals surface area (Å²) in [6.45, 7) is 0.721. The summed E-state index contributed by atoms with van der Waals surface area (Å²) in [7, 11) is 2.22. The van der Waals surface area contributed by atoms with Crippen molar-refractivity contribution >= 4 is 0 Å². The van der Waals surface area contributed by atoms with Crippen molar-refractivity contribution in [2.45, 2.75) is 25.1 Å². The van der Waals surface area contributed by atoms with Crippen molar-refractivity contribution in [2.75, 3.05) is 20.8 Å². The van der Waals surface area contributed by atoms with E-state index in [1.54, 1.807) is 24.3 Å². The van der Waals surface area contributed by atoms with E-state index in [9.17, 15) is 27.1 Å². The molecule has 0 aliphatic heterocycles. The average Bonchev–Trinajstić information content (AvgIpc) is 2.64. The van der Waals surface area contributed by atoms with Crippen molar-refractivity contribution in [1.29, 1.82) is 0 Å². The normalized spacial score (nSPS) is 12.1. The summed E-state index contributed by atoms with van der Waals surface area (Å²) in [6.07, 6.45) is -5.48. The topological polar surface area (TPSA) is 50.7 Å². The van der Waals surface area contributed by atoms with Crippen LogP contribution < -0.4 is 14.8 Å². The molecule has 0 saturated heterocycles. The number of nitrogens with one attached hydrogen (secondary N) is 1. The van der Waals surface area contributed by atoms with Crippen LogP contribution in [0.4, 0.5) is 22.0 Å². The zero-order valence-corrected chi connectivity index (χ0v) is 15.2. The quantitative estimate of drug-likeness (QED) is 0.505. The van der Waals surface area contributed by atoms with Crippen LogP contribution in [0, 0.1) is 0 Å². The standard InChI is InChI=1S/C19H20F5NO3/c1-27-16-10-14(18(20,21)19(22,23)24)17(28-2)9-12(16)7-8-25-11-13-5-3-4-6-15(13)26/h3-6,9-10,25-26H,7-8,11H2,1-2H3. The number of ether oxygens (including phenoxy) is 2. The Kier molecular flexibility index (Phi) is 6.71. The first-order valence-corrected chi connectivity index (χ1v) is 8.29. The highest BCUT2D eigenvalue weighted by Gasteiger charge is 2.60. The Labute approximate surface area is 158 Å². The summed E-state index contributed by atoms with van der Waals surface area (Å²) in [5.41, 5.74) is -0.219. The predicted molar refractivity (Wildman–Crippen MR) is 93.0 cm³/mol. The van der Waals surface area contributed by atoms with Gasteiger partial charge < -0.3 is 19.9 Å². The van der Waals surface area contributed by atoms with Crippen molar-refractivity contribution in [3.63, 3.8) is 0 Å². The van der Waals surface area contributed by atoms with Crippen LogP contribution in [0.2, 0.25) is 0 Å². The number of aromatic hydroxyl groups is 1. The number of para-hydroxylation sites is 1. The highest BCUT2D eigenvalue weighted by Crippen LogP contribution is 2.48. The van der Waals surface area contributed by atoms with E-state index in [4.69, 9.17) is 9.47 Å². The van der Waals surface area contributed by atoms with Crippen LogP contribution in [-0.2, 0) is 18.9 Å². The van der Waals surface area contributed by atoms with Gasteiger partial charge in [0.05, 0.1) is 19.8 Å². The molecule has 0 aromatic heterocycles. The number of hydrogen-bond acceptors (Lipinski definition) is 4. The monoisotopic (exact) mass is 405 g/mol. The zero-order valence-electron chi connectivity index (χ0n) is 15.2. The molecule has 154 valence electrons. The number of methoxy groups -OCH3 is 2. The Morgan fingerprint density at radius 3 is 2.14 bits per heavy atom. The number of phenolic OH excluding ortho intramolecular Hbond substituents is 1. The Morgan fingerprint density at radius 1 is 0.929 bits per heavy atom. The molecule has 2 aromatic carbocycles. The molecule has 0 amide bonds. The van der Waals surface area contributed by atoms with Gasteiger partial charge in [0.2, 0.25) is 0 Å². The van der Waals surface area contributed by atoms with Crippen LogP contribution in [0.1, 0.15) is 16.7 Å². The molecule has 9 heteroatoms. The first kappa shape index (κ1) is 21.7. The number of alkyl halides is 5. The first-order valence-electron chi connectivity index (χ1n) is 8.29. The summed E-state index contributed by atoms with van der Waals surface area (Å²) < 4.78 is 75.6. The third-order valence-corrected chi connectivity index (χ3v) is 4.18. The lowest BCUT2D eigenvalue weighted by atomic mass is 10.0. The minimum absolute atomic E-state index is 0.0934. The van der Waals surface area contributed by atoms with Gasteiger partial charge in [0.25, 0.3) is 0 Å². The fraction of sp³-hybridized carbons (Fsp3) is 0.368. The molecule has 0 atom stereocenters. The van der Waals surface area contributed by atoms with Gasteiger partial charge in [-0.25, -0.2) is 0 Å². The second kappa shape index (κ2) is 8.64. The van der Waals surface area contributed by atoms with Crippen molar-refractivity contribution in [3.8, 4) is 17.2 Å². The van der Waals surface area contributed by atoms with Crippen molar-refractivity contribution in [1.82, 2.24) is 5.32 Å². The number of rotatable bonds is 8. The molecule has 28 heavy (non-hydrogen) atoms. The molecule has 0 aliphatic rings. The Balaban J connectivity index is 2.18. The van der Waals surface area contributed by atoms with Crippen LogP contribution in [0.3, 0.4) is 0 Å². The third-order valence-electron chi connectivity index (χ3n) is 4.18. The number of hydrogen-bond donors (Lipinski definition) is 2. The number of benzene rings is 2. The van der Waals surface area contributed by atoms with Crippen LogP contribution in [-0.4, -0.2) is 32.0 Å². The van der Waals surface area contributed by atoms with Crippen LogP contribution in [0.25, 0.3) is 0 Å². The Hall–Kier alpha value is -2.55. The second-order valence-electron chi connectivity index (χ2n) is 5.99. The molecular formula is C19H20F5NO3. The molecule has 2 aromatic rings. The largest absolute Gasteiger partial charge is 0.508 e. The summed E-state index contributed by atoms with van der Waals surface area (Å²) in [5.74, 6) is -5.61. The molecule has 0 heterocycles. The van der Waals surface area contributed by atoms with E-state index in [0.29, 0.717) is 30.3 Å². The molecule has 0 spiro atoms.